The van der Waals surface area contributed by atoms with E-state index in [1.807, 2.05) is 32.0 Å². The van der Waals surface area contributed by atoms with Crippen molar-refractivity contribution >= 4 is 20.8 Å². The summed E-state index contributed by atoms with van der Waals surface area (Å²) in [6.45, 7) is 4.10. The Balaban J connectivity index is 2.34. The van der Waals surface area contributed by atoms with Crippen LogP contribution < -0.4 is 9.46 Å². The Hall–Kier alpha value is -1.63. The van der Waals surface area contributed by atoms with Crippen LogP contribution in [0, 0.1) is 0 Å². The van der Waals surface area contributed by atoms with Gasteiger partial charge in [0.25, 0.3) is 0 Å². The van der Waals surface area contributed by atoms with Crippen LogP contribution >= 0.6 is 0 Å². The second kappa shape index (κ2) is 7.09. The largest absolute Gasteiger partial charge is 0.494 e. The smallest absolute Gasteiger partial charge is 0.240 e. The van der Waals surface area contributed by atoms with E-state index in [4.69, 9.17) is 9.84 Å². The number of hydrogen-bond acceptors (Lipinski definition) is 4. The zero-order valence-corrected chi connectivity index (χ0v) is 13.6. The molecule has 1 atom stereocenters. The SMILES string of the molecule is CCOc1ccc2cc(S(=O)(=O)N[C@@H](CC)CO)ccc2c1. The van der Waals surface area contributed by atoms with E-state index in [-0.39, 0.29) is 11.5 Å². The topological polar surface area (TPSA) is 75.6 Å². The van der Waals surface area contributed by atoms with Crippen molar-refractivity contribution in [2.45, 2.75) is 31.2 Å². The third kappa shape index (κ3) is 3.76. The normalized spacial score (nSPS) is 13.2. The minimum atomic E-state index is -3.64. The summed E-state index contributed by atoms with van der Waals surface area (Å²) in [5.41, 5.74) is 0. The molecule has 120 valence electrons. The van der Waals surface area contributed by atoms with Gasteiger partial charge in [0.2, 0.25) is 10.0 Å². The molecule has 0 radical (unpaired) electrons. The van der Waals surface area contributed by atoms with Crippen LogP contribution in [-0.4, -0.2) is 32.8 Å². The molecule has 0 heterocycles. The number of nitrogens with one attached hydrogen (secondary N) is 1. The first-order chi connectivity index (χ1) is 10.5. The summed E-state index contributed by atoms with van der Waals surface area (Å²) in [7, 11) is -3.64. The Bertz CT molecular complexity index is 739. The van der Waals surface area contributed by atoms with Crippen molar-refractivity contribution in [3.63, 3.8) is 0 Å². The lowest BCUT2D eigenvalue weighted by Crippen LogP contribution is -2.36. The molecule has 6 heteroatoms. The third-order valence-electron chi connectivity index (χ3n) is 3.44. The highest BCUT2D eigenvalue weighted by Crippen LogP contribution is 2.24. The fourth-order valence-corrected chi connectivity index (χ4v) is 3.51. The van der Waals surface area contributed by atoms with Gasteiger partial charge in [0.05, 0.1) is 18.1 Å². The summed E-state index contributed by atoms with van der Waals surface area (Å²) in [5, 5.41) is 10.9. The molecule has 2 N–H and O–H groups in total. The highest BCUT2D eigenvalue weighted by molar-refractivity contribution is 7.89. The summed E-state index contributed by atoms with van der Waals surface area (Å²) in [6, 6.07) is 10.0. The average molecular weight is 323 g/mol. The van der Waals surface area contributed by atoms with Gasteiger partial charge in [-0.3, -0.25) is 0 Å². The van der Waals surface area contributed by atoms with Crippen LogP contribution in [0.2, 0.25) is 0 Å². The predicted octanol–water partition coefficient (Wildman–Crippen LogP) is 2.29. The fourth-order valence-electron chi connectivity index (χ4n) is 2.16. The monoisotopic (exact) mass is 323 g/mol. The van der Waals surface area contributed by atoms with Crippen molar-refractivity contribution in [2.75, 3.05) is 13.2 Å². The van der Waals surface area contributed by atoms with Crippen LogP contribution in [0.3, 0.4) is 0 Å². The van der Waals surface area contributed by atoms with E-state index in [0.29, 0.717) is 13.0 Å². The molecule has 2 aromatic carbocycles. The Morgan fingerprint density at radius 2 is 1.82 bits per heavy atom. The molecule has 0 unspecified atom stereocenters. The summed E-state index contributed by atoms with van der Waals surface area (Å²) in [6.07, 6.45) is 0.529. The van der Waals surface area contributed by atoms with Crippen molar-refractivity contribution in [1.29, 1.82) is 0 Å². The number of aliphatic hydroxyl groups is 1. The fraction of sp³-hybridized carbons (Fsp3) is 0.375. The molecule has 0 saturated carbocycles. The molecular formula is C16H21NO4S. The highest BCUT2D eigenvalue weighted by Gasteiger charge is 2.18. The van der Waals surface area contributed by atoms with Crippen LogP contribution in [0.15, 0.2) is 41.3 Å². The first kappa shape index (κ1) is 16.7. The number of sulfonamides is 1. The average Bonchev–Trinajstić information content (AvgIpc) is 2.52. The third-order valence-corrected chi connectivity index (χ3v) is 4.96. The Morgan fingerprint density at radius 1 is 1.14 bits per heavy atom. The molecule has 0 saturated heterocycles. The predicted molar refractivity (Wildman–Crippen MR) is 86.6 cm³/mol. The van der Waals surface area contributed by atoms with Crippen molar-refractivity contribution in [3.05, 3.63) is 36.4 Å². The summed E-state index contributed by atoms with van der Waals surface area (Å²) >= 11 is 0. The molecule has 0 amide bonds. The van der Waals surface area contributed by atoms with Gasteiger partial charge in [-0.1, -0.05) is 19.1 Å². The van der Waals surface area contributed by atoms with E-state index < -0.39 is 16.1 Å². The summed E-state index contributed by atoms with van der Waals surface area (Å²) < 4.78 is 32.6. The van der Waals surface area contributed by atoms with Gasteiger partial charge in [0.15, 0.2) is 0 Å². The van der Waals surface area contributed by atoms with Gasteiger partial charge in [-0.05, 0) is 48.4 Å². The summed E-state index contributed by atoms with van der Waals surface area (Å²) in [4.78, 5) is 0.191. The van der Waals surface area contributed by atoms with Gasteiger partial charge in [-0.15, -0.1) is 0 Å². The molecular weight excluding hydrogens is 302 g/mol. The molecule has 0 spiro atoms. The van der Waals surface area contributed by atoms with E-state index in [1.165, 1.54) is 0 Å². The molecule has 2 rings (SSSR count). The maximum absolute atomic E-state index is 12.3. The van der Waals surface area contributed by atoms with Crippen molar-refractivity contribution in [1.82, 2.24) is 4.72 Å². The second-order valence-corrected chi connectivity index (χ2v) is 6.73. The second-order valence-electron chi connectivity index (χ2n) is 5.01. The first-order valence-corrected chi connectivity index (χ1v) is 8.78. The van der Waals surface area contributed by atoms with Gasteiger partial charge in [0, 0.05) is 6.04 Å². The van der Waals surface area contributed by atoms with Gasteiger partial charge in [0.1, 0.15) is 5.75 Å². The minimum absolute atomic E-state index is 0.191. The van der Waals surface area contributed by atoms with Crippen LogP contribution in [0.1, 0.15) is 20.3 Å². The van der Waals surface area contributed by atoms with E-state index >= 15 is 0 Å². The van der Waals surface area contributed by atoms with E-state index in [9.17, 15) is 8.42 Å². The molecule has 5 nitrogen and oxygen atoms in total. The van der Waals surface area contributed by atoms with Gasteiger partial charge in [-0.2, -0.15) is 0 Å². The van der Waals surface area contributed by atoms with E-state index in [1.54, 1.807) is 18.2 Å². The van der Waals surface area contributed by atoms with Crippen molar-refractivity contribution in [2.24, 2.45) is 0 Å². The lowest BCUT2D eigenvalue weighted by molar-refractivity contribution is 0.254. The van der Waals surface area contributed by atoms with Crippen LogP contribution in [0.4, 0.5) is 0 Å². The van der Waals surface area contributed by atoms with Gasteiger partial charge >= 0.3 is 0 Å². The zero-order chi connectivity index (χ0) is 16.2. The lowest BCUT2D eigenvalue weighted by Gasteiger charge is -2.14. The molecule has 22 heavy (non-hydrogen) atoms. The number of fused-ring (bicyclic) bond motifs is 1. The lowest BCUT2D eigenvalue weighted by atomic mass is 10.1. The number of rotatable bonds is 7. The van der Waals surface area contributed by atoms with Gasteiger partial charge < -0.3 is 9.84 Å². The maximum Gasteiger partial charge on any atom is 0.240 e. The molecule has 0 aliphatic carbocycles. The highest BCUT2D eigenvalue weighted by atomic mass is 32.2. The van der Waals surface area contributed by atoms with E-state index in [2.05, 4.69) is 4.72 Å². The Labute approximate surface area is 131 Å². The molecule has 0 bridgehead atoms. The van der Waals surface area contributed by atoms with E-state index in [0.717, 1.165) is 16.5 Å². The molecule has 0 fully saturated rings. The van der Waals surface area contributed by atoms with Crippen molar-refractivity contribution in [3.8, 4) is 5.75 Å². The Morgan fingerprint density at radius 3 is 2.45 bits per heavy atom. The molecule has 0 aliphatic rings. The zero-order valence-electron chi connectivity index (χ0n) is 12.7. The van der Waals surface area contributed by atoms with Crippen molar-refractivity contribution < 1.29 is 18.3 Å². The maximum atomic E-state index is 12.3. The minimum Gasteiger partial charge on any atom is -0.494 e. The number of benzene rings is 2. The van der Waals surface area contributed by atoms with Crippen LogP contribution in [-0.2, 0) is 10.0 Å². The van der Waals surface area contributed by atoms with Crippen LogP contribution in [0.5, 0.6) is 5.75 Å². The number of ether oxygens (including phenoxy) is 1. The quantitative estimate of drug-likeness (QED) is 0.820. The van der Waals surface area contributed by atoms with Gasteiger partial charge in [-0.25, -0.2) is 13.1 Å². The number of hydrogen-bond donors (Lipinski definition) is 2. The number of aliphatic hydroxyl groups excluding tert-OH is 1. The first-order valence-electron chi connectivity index (χ1n) is 7.30. The van der Waals surface area contributed by atoms with Crippen LogP contribution in [0.25, 0.3) is 10.8 Å². The summed E-state index contributed by atoms with van der Waals surface area (Å²) in [5.74, 6) is 0.759. The molecule has 0 aliphatic heterocycles. The molecule has 2 aromatic rings. The molecule has 0 aromatic heterocycles. The Kier molecular flexibility index (Phi) is 5.39. The standard InChI is InChI=1S/C16H21NO4S/c1-3-14(11-18)17-22(19,20)16-8-6-12-9-15(21-4-2)7-5-13(12)10-16/h5-10,14,17-18H,3-4,11H2,1-2H3/t14-/m0/s1.